The molecule has 2 N–H and O–H groups in total. The van der Waals surface area contributed by atoms with E-state index in [1.165, 1.54) is 5.56 Å². The van der Waals surface area contributed by atoms with E-state index in [0.29, 0.717) is 18.2 Å². The maximum atomic E-state index is 12.4. The lowest BCUT2D eigenvalue weighted by Gasteiger charge is -2.16. The van der Waals surface area contributed by atoms with Crippen LogP contribution < -0.4 is 10.6 Å². The molecule has 0 aromatic heterocycles. The Morgan fingerprint density at radius 3 is 2.45 bits per heavy atom. The van der Waals surface area contributed by atoms with Gasteiger partial charge >= 0.3 is 0 Å². The van der Waals surface area contributed by atoms with Gasteiger partial charge in [-0.05, 0) is 41.3 Å². The molecule has 0 atom stereocenters. The Labute approximate surface area is 119 Å². The van der Waals surface area contributed by atoms with Crippen molar-refractivity contribution in [3.05, 3.63) is 59.2 Å². The average Bonchev–Trinajstić information content (AvgIpc) is 2.76. The topological polar surface area (TPSA) is 46.3 Å². The van der Waals surface area contributed by atoms with E-state index >= 15 is 0 Å². The normalized spacial score (nSPS) is 13.9. The number of rotatable bonds is 2. The van der Waals surface area contributed by atoms with Crippen molar-refractivity contribution < 1.29 is 4.79 Å². The number of carbonyl (C=O) groups is 1. The highest BCUT2D eigenvalue weighted by Crippen LogP contribution is 2.30. The number of anilines is 2. The minimum Gasteiger partial charge on any atom is -0.399 e. The lowest BCUT2D eigenvalue weighted by atomic mass is 10.0. The maximum absolute atomic E-state index is 12.4. The minimum atomic E-state index is 0.0320. The molecule has 2 aromatic rings. The third kappa shape index (κ3) is 2.05. The number of fused-ring (bicyclic) bond motifs is 1. The summed E-state index contributed by atoms with van der Waals surface area (Å²) >= 11 is 0. The number of benzene rings is 2. The van der Waals surface area contributed by atoms with Crippen molar-refractivity contribution in [2.75, 3.05) is 10.6 Å². The van der Waals surface area contributed by atoms with Crippen LogP contribution >= 0.6 is 0 Å². The summed E-state index contributed by atoms with van der Waals surface area (Å²) < 4.78 is 0. The van der Waals surface area contributed by atoms with E-state index in [1.807, 2.05) is 24.3 Å². The molecule has 0 radical (unpaired) electrons. The summed E-state index contributed by atoms with van der Waals surface area (Å²) in [5, 5.41) is 0. The number of hydrogen-bond acceptors (Lipinski definition) is 2. The molecule has 1 aliphatic rings. The Bertz CT molecular complexity index is 659. The standard InChI is InChI=1S/C17H18N2O/c1-11(2)12-4-7-15(8-5-12)19-10-13-3-6-14(18)9-16(13)17(19)20/h3-9,11H,10,18H2,1-2H3. The van der Waals surface area contributed by atoms with Crippen LogP contribution in [-0.2, 0) is 6.54 Å². The van der Waals surface area contributed by atoms with E-state index in [0.717, 1.165) is 16.8 Å². The van der Waals surface area contributed by atoms with Crippen LogP contribution in [0, 0.1) is 0 Å². The van der Waals surface area contributed by atoms with Crippen molar-refractivity contribution in [3.8, 4) is 0 Å². The van der Waals surface area contributed by atoms with Crippen LogP contribution in [0.4, 0.5) is 11.4 Å². The first-order valence-corrected chi connectivity index (χ1v) is 6.86. The van der Waals surface area contributed by atoms with Gasteiger partial charge in [0.25, 0.3) is 5.91 Å². The summed E-state index contributed by atoms with van der Waals surface area (Å²) in [4.78, 5) is 14.2. The zero-order chi connectivity index (χ0) is 14.3. The van der Waals surface area contributed by atoms with Gasteiger partial charge in [0.15, 0.2) is 0 Å². The number of nitrogens with two attached hydrogens (primary N) is 1. The van der Waals surface area contributed by atoms with Gasteiger partial charge in [-0.25, -0.2) is 0 Å². The smallest absolute Gasteiger partial charge is 0.259 e. The monoisotopic (exact) mass is 266 g/mol. The van der Waals surface area contributed by atoms with E-state index < -0.39 is 0 Å². The fraction of sp³-hybridized carbons (Fsp3) is 0.235. The first kappa shape index (κ1) is 12.7. The van der Waals surface area contributed by atoms with E-state index in [-0.39, 0.29) is 5.91 Å². The molecule has 1 amide bonds. The van der Waals surface area contributed by atoms with Gasteiger partial charge in [-0.1, -0.05) is 32.0 Å². The van der Waals surface area contributed by atoms with E-state index in [1.54, 1.807) is 11.0 Å². The van der Waals surface area contributed by atoms with Gasteiger partial charge in [0.2, 0.25) is 0 Å². The first-order chi connectivity index (χ1) is 9.56. The molecule has 0 saturated heterocycles. The highest BCUT2D eigenvalue weighted by atomic mass is 16.2. The molecule has 0 unspecified atom stereocenters. The Morgan fingerprint density at radius 1 is 1.10 bits per heavy atom. The van der Waals surface area contributed by atoms with Crippen LogP contribution in [0.2, 0.25) is 0 Å². The zero-order valence-electron chi connectivity index (χ0n) is 11.8. The van der Waals surface area contributed by atoms with E-state index in [2.05, 4.69) is 26.0 Å². The summed E-state index contributed by atoms with van der Waals surface area (Å²) in [7, 11) is 0. The Hall–Kier alpha value is -2.29. The Morgan fingerprint density at radius 2 is 1.80 bits per heavy atom. The van der Waals surface area contributed by atoms with Gasteiger partial charge < -0.3 is 10.6 Å². The second-order valence-corrected chi connectivity index (χ2v) is 5.55. The Kier molecular flexibility index (Phi) is 2.97. The predicted molar refractivity (Wildman–Crippen MR) is 81.9 cm³/mol. The number of amides is 1. The molecule has 3 nitrogen and oxygen atoms in total. The molecule has 1 aliphatic heterocycles. The predicted octanol–water partition coefficient (Wildman–Crippen LogP) is 3.55. The fourth-order valence-corrected chi connectivity index (χ4v) is 2.57. The van der Waals surface area contributed by atoms with Crippen molar-refractivity contribution in [1.82, 2.24) is 0 Å². The molecule has 20 heavy (non-hydrogen) atoms. The first-order valence-electron chi connectivity index (χ1n) is 6.86. The molecule has 0 bridgehead atoms. The van der Waals surface area contributed by atoms with Gasteiger partial charge in [-0.2, -0.15) is 0 Å². The number of nitrogen functional groups attached to an aromatic ring is 1. The van der Waals surface area contributed by atoms with Crippen molar-refractivity contribution in [1.29, 1.82) is 0 Å². The summed E-state index contributed by atoms with van der Waals surface area (Å²) in [6, 6.07) is 13.8. The molecule has 0 saturated carbocycles. The lowest BCUT2D eigenvalue weighted by Crippen LogP contribution is -2.22. The third-order valence-corrected chi connectivity index (χ3v) is 3.81. The molecule has 0 spiro atoms. The summed E-state index contributed by atoms with van der Waals surface area (Å²) in [6.07, 6.45) is 0. The van der Waals surface area contributed by atoms with Crippen molar-refractivity contribution in [2.24, 2.45) is 0 Å². The third-order valence-electron chi connectivity index (χ3n) is 3.81. The lowest BCUT2D eigenvalue weighted by molar-refractivity contribution is 0.0996. The van der Waals surface area contributed by atoms with Crippen LogP contribution in [0.1, 0.15) is 41.3 Å². The molecule has 2 aromatic carbocycles. The van der Waals surface area contributed by atoms with Crippen LogP contribution in [0.5, 0.6) is 0 Å². The average molecular weight is 266 g/mol. The van der Waals surface area contributed by atoms with Crippen LogP contribution in [-0.4, -0.2) is 5.91 Å². The minimum absolute atomic E-state index is 0.0320. The molecular formula is C17H18N2O. The van der Waals surface area contributed by atoms with Crippen LogP contribution in [0.15, 0.2) is 42.5 Å². The second-order valence-electron chi connectivity index (χ2n) is 5.55. The molecule has 1 heterocycles. The number of nitrogens with zero attached hydrogens (tertiary/aromatic N) is 1. The van der Waals surface area contributed by atoms with Gasteiger partial charge in [0.1, 0.15) is 0 Å². The van der Waals surface area contributed by atoms with E-state index in [4.69, 9.17) is 5.73 Å². The summed E-state index contributed by atoms with van der Waals surface area (Å²) in [5.41, 5.74) is 10.4. The van der Waals surface area contributed by atoms with E-state index in [9.17, 15) is 4.79 Å². The van der Waals surface area contributed by atoms with Crippen molar-refractivity contribution >= 4 is 17.3 Å². The molecule has 3 heteroatoms. The molecule has 0 fully saturated rings. The van der Waals surface area contributed by atoms with Gasteiger partial charge in [-0.3, -0.25) is 4.79 Å². The van der Waals surface area contributed by atoms with Gasteiger partial charge in [0, 0.05) is 16.9 Å². The maximum Gasteiger partial charge on any atom is 0.259 e. The fourth-order valence-electron chi connectivity index (χ4n) is 2.57. The molecule has 3 rings (SSSR count). The van der Waals surface area contributed by atoms with Crippen molar-refractivity contribution in [3.63, 3.8) is 0 Å². The van der Waals surface area contributed by atoms with Crippen LogP contribution in [0.25, 0.3) is 0 Å². The Balaban J connectivity index is 1.92. The largest absolute Gasteiger partial charge is 0.399 e. The molecule has 0 aliphatic carbocycles. The van der Waals surface area contributed by atoms with Gasteiger partial charge in [-0.15, -0.1) is 0 Å². The van der Waals surface area contributed by atoms with Gasteiger partial charge in [0.05, 0.1) is 6.54 Å². The number of hydrogen-bond donors (Lipinski definition) is 1. The highest BCUT2D eigenvalue weighted by Gasteiger charge is 2.28. The SMILES string of the molecule is CC(C)c1ccc(N2Cc3ccc(N)cc3C2=O)cc1. The number of carbonyl (C=O) groups excluding carboxylic acids is 1. The molecule has 102 valence electrons. The van der Waals surface area contributed by atoms with Crippen molar-refractivity contribution in [2.45, 2.75) is 26.3 Å². The molecular weight excluding hydrogens is 248 g/mol. The zero-order valence-corrected chi connectivity index (χ0v) is 11.8. The summed E-state index contributed by atoms with van der Waals surface area (Å²) in [5.74, 6) is 0.528. The highest BCUT2D eigenvalue weighted by molar-refractivity contribution is 6.10. The summed E-state index contributed by atoms with van der Waals surface area (Å²) in [6.45, 7) is 4.94. The van der Waals surface area contributed by atoms with Crippen LogP contribution in [0.3, 0.4) is 0 Å². The quantitative estimate of drug-likeness (QED) is 0.845. The second kappa shape index (κ2) is 4.67.